The monoisotopic (exact) mass is 329 g/mol. The van der Waals surface area contributed by atoms with Crippen molar-refractivity contribution >= 4 is 17.4 Å². The van der Waals surface area contributed by atoms with Gasteiger partial charge < -0.3 is 4.74 Å². The Morgan fingerprint density at radius 3 is 2.59 bits per heavy atom. The third-order valence-corrected chi connectivity index (χ3v) is 3.10. The first-order valence-electron chi connectivity index (χ1n) is 6.24. The first-order valence-corrected chi connectivity index (χ1v) is 6.61. The van der Waals surface area contributed by atoms with Gasteiger partial charge >= 0.3 is 6.18 Å². The first kappa shape index (κ1) is 16.3. The van der Waals surface area contributed by atoms with Gasteiger partial charge in [-0.25, -0.2) is 4.98 Å². The highest BCUT2D eigenvalue weighted by Gasteiger charge is 2.31. The summed E-state index contributed by atoms with van der Waals surface area (Å²) in [4.78, 5) is 15.3. The summed E-state index contributed by atoms with van der Waals surface area (Å²) in [7, 11) is 0. The van der Waals surface area contributed by atoms with E-state index in [9.17, 15) is 18.0 Å². The number of benzene rings is 1. The van der Waals surface area contributed by atoms with Crippen LogP contribution in [-0.2, 0) is 12.8 Å². The molecular formula is C15H11ClF3NO2. The van der Waals surface area contributed by atoms with Crippen LogP contribution in [0.4, 0.5) is 13.2 Å². The number of alkyl halides is 3. The fourth-order valence-corrected chi connectivity index (χ4v) is 1.94. The van der Waals surface area contributed by atoms with Gasteiger partial charge in [0.2, 0.25) is 0 Å². The Balaban J connectivity index is 2.12. The van der Waals surface area contributed by atoms with E-state index in [1.807, 2.05) is 0 Å². The van der Waals surface area contributed by atoms with E-state index < -0.39 is 11.7 Å². The van der Waals surface area contributed by atoms with Crippen LogP contribution in [0, 0.1) is 0 Å². The van der Waals surface area contributed by atoms with Crippen molar-refractivity contribution in [3.8, 4) is 5.75 Å². The molecule has 1 heterocycles. The number of Topliss-reactive ketones (excluding diaryl/α,β-unsaturated/α-hetero) is 1. The molecule has 0 radical (unpaired) electrons. The van der Waals surface area contributed by atoms with E-state index in [0.29, 0.717) is 11.4 Å². The summed E-state index contributed by atoms with van der Waals surface area (Å²) in [6.45, 7) is 1.38. The van der Waals surface area contributed by atoms with Gasteiger partial charge in [0.25, 0.3) is 0 Å². The molecule has 0 saturated heterocycles. The van der Waals surface area contributed by atoms with Crippen molar-refractivity contribution in [1.82, 2.24) is 4.98 Å². The lowest BCUT2D eigenvalue weighted by Gasteiger charge is -2.11. The number of hydrogen-bond acceptors (Lipinski definition) is 3. The van der Waals surface area contributed by atoms with Gasteiger partial charge in [0.1, 0.15) is 18.1 Å². The highest BCUT2D eigenvalue weighted by molar-refractivity contribution is 6.32. The second-order valence-corrected chi connectivity index (χ2v) is 4.91. The molecule has 0 amide bonds. The number of hydrogen-bond donors (Lipinski definition) is 0. The molecule has 7 heteroatoms. The average Bonchev–Trinajstić information content (AvgIpc) is 2.45. The Hall–Kier alpha value is -2.08. The predicted molar refractivity (Wildman–Crippen MR) is 75.0 cm³/mol. The Morgan fingerprint density at radius 1 is 1.27 bits per heavy atom. The summed E-state index contributed by atoms with van der Waals surface area (Å²) >= 11 is 5.78. The summed E-state index contributed by atoms with van der Waals surface area (Å²) in [5.74, 6) is -0.0703. The largest absolute Gasteiger partial charge is 0.486 e. The molecule has 0 N–H and O–H groups in total. The van der Waals surface area contributed by atoms with Crippen molar-refractivity contribution in [1.29, 1.82) is 0 Å². The van der Waals surface area contributed by atoms with Gasteiger partial charge in [-0.3, -0.25) is 4.79 Å². The van der Waals surface area contributed by atoms with Crippen LogP contribution in [0.3, 0.4) is 0 Å². The molecule has 0 saturated carbocycles. The van der Waals surface area contributed by atoms with E-state index in [-0.39, 0.29) is 23.2 Å². The van der Waals surface area contributed by atoms with E-state index in [1.54, 1.807) is 18.2 Å². The number of pyridine rings is 1. The van der Waals surface area contributed by atoms with Gasteiger partial charge in [-0.2, -0.15) is 13.2 Å². The second-order valence-electron chi connectivity index (χ2n) is 4.50. The number of halogens is 4. The maximum Gasteiger partial charge on any atom is 0.416 e. The third kappa shape index (κ3) is 3.98. The number of rotatable bonds is 4. The van der Waals surface area contributed by atoms with Crippen molar-refractivity contribution in [2.24, 2.45) is 0 Å². The average molecular weight is 330 g/mol. The van der Waals surface area contributed by atoms with Crippen LogP contribution in [0.25, 0.3) is 0 Å². The van der Waals surface area contributed by atoms with Crippen LogP contribution < -0.4 is 4.74 Å². The van der Waals surface area contributed by atoms with Crippen LogP contribution in [0.5, 0.6) is 5.75 Å². The minimum atomic E-state index is -4.46. The topological polar surface area (TPSA) is 39.2 Å². The number of carbonyl (C=O) groups is 1. The quantitative estimate of drug-likeness (QED) is 0.773. The second kappa shape index (κ2) is 6.36. The van der Waals surface area contributed by atoms with Gasteiger partial charge in [0, 0.05) is 6.92 Å². The molecular weight excluding hydrogens is 319 g/mol. The summed E-state index contributed by atoms with van der Waals surface area (Å²) in [6, 6.07) is 7.70. The molecule has 0 spiro atoms. The van der Waals surface area contributed by atoms with Gasteiger partial charge in [-0.15, -0.1) is 0 Å². The molecule has 0 unspecified atom stereocenters. The summed E-state index contributed by atoms with van der Waals surface area (Å²) in [6.07, 6.45) is -4.46. The zero-order valence-electron chi connectivity index (χ0n) is 11.4. The molecule has 22 heavy (non-hydrogen) atoms. The molecule has 3 nitrogen and oxygen atoms in total. The highest BCUT2D eigenvalue weighted by Crippen LogP contribution is 2.34. The SMILES string of the molecule is CC(=O)c1cccc(COc2ccc(C(F)(F)F)cc2Cl)n1. The molecule has 0 aliphatic rings. The number of aromatic nitrogens is 1. The van der Waals surface area contributed by atoms with E-state index in [4.69, 9.17) is 16.3 Å². The maximum atomic E-state index is 12.5. The van der Waals surface area contributed by atoms with E-state index in [1.165, 1.54) is 6.92 Å². The van der Waals surface area contributed by atoms with Crippen molar-refractivity contribution in [3.63, 3.8) is 0 Å². The van der Waals surface area contributed by atoms with Gasteiger partial charge in [0.15, 0.2) is 5.78 Å². The van der Waals surface area contributed by atoms with Crippen molar-refractivity contribution in [2.45, 2.75) is 19.7 Å². The van der Waals surface area contributed by atoms with Crippen molar-refractivity contribution in [2.75, 3.05) is 0 Å². The lowest BCUT2D eigenvalue weighted by molar-refractivity contribution is -0.137. The molecule has 2 aromatic rings. The smallest absolute Gasteiger partial charge is 0.416 e. The molecule has 0 atom stereocenters. The molecule has 0 fully saturated rings. The van der Waals surface area contributed by atoms with E-state index in [0.717, 1.165) is 18.2 Å². The van der Waals surface area contributed by atoms with Crippen LogP contribution in [-0.4, -0.2) is 10.8 Å². The van der Waals surface area contributed by atoms with Crippen molar-refractivity contribution in [3.05, 3.63) is 58.4 Å². The zero-order chi connectivity index (χ0) is 16.3. The third-order valence-electron chi connectivity index (χ3n) is 2.80. The Kier molecular flexibility index (Phi) is 4.71. The fourth-order valence-electron chi connectivity index (χ4n) is 1.70. The molecule has 0 bridgehead atoms. The minimum absolute atomic E-state index is 0.00773. The summed E-state index contributed by atoms with van der Waals surface area (Å²) < 4.78 is 42.9. The van der Waals surface area contributed by atoms with Gasteiger partial charge in [0.05, 0.1) is 16.3 Å². The molecule has 116 valence electrons. The molecule has 1 aromatic carbocycles. The van der Waals surface area contributed by atoms with Gasteiger partial charge in [-0.1, -0.05) is 17.7 Å². The maximum absolute atomic E-state index is 12.5. The van der Waals surface area contributed by atoms with Crippen LogP contribution in [0.2, 0.25) is 5.02 Å². The molecule has 1 aromatic heterocycles. The van der Waals surface area contributed by atoms with E-state index in [2.05, 4.69) is 4.98 Å². The number of nitrogens with zero attached hydrogens (tertiary/aromatic N) is 1. The first-order chi connectivity index (χ1) is 10.3. The number of ether oxygens (including phenoxy) is 1. The number of carbonyl (C=O) groups excluding carboxylic acids is 1. The van der Waals surface area contributed by atoms with Crippen LogP contribution >= 0.6 is 11.6 Å². The van der Waals surface area contributed by atoms with Gasteiger partial charge in [-0.05, 0) is 30.3 Å². The summed E-state index contributed by atoms with van der Waals surface area (Å²) in [5.41, 5.74) is -0.0789. The number of ketones is 1. The van der Waals surface area contributed by atoms with E-state index >= 15 is 0 Å². The standard InChI is InChI=1S/C15H11ClF3NO2/c1-9(21)13-4-2-3-11(20-13)8-22-14-6-5-10(7-12(14)16)15(17,18)19/h2-7H,8H2,1H3. The fraction of sp³-hybridized carbons (Fsp3) is 0.200. The van der Waals surface area contributed by atoms with Crippen molar-refractivity contribution < 1.29 is 22.7 Å². The minimum Gasteiger partial charge on any atom is -0.486 e. The summed E-state index contributed by atoms with van der Waals surface area (Å²) in [5, 5.41) is -0.141. The Labute approximate surface area is 129 Å². The van der Waals surface area contributed by atoms with Crippen LogP contribution in [0.1, 0.15) is 28.7 Å². The predicted octanol–water partition coefficient (Wildman–Crippen LogP) is 4.54. The highest BCUT2D eigenvalue weighted by atomic mass is 35.5. The Bertz CT molecular complexity index is 701. The Morgan fingerprint density at radius 2 is 2.00 bits per heavy atom. The normalized spacial score (nSPS) is 11.3. The zero-order valence-corrected chi connectivity index (χ0v) is 12.2. The molecule has 0 aliphatic heterocycles. The molecule has 2 rings (SSSR count). The van der Waals surface area contributed by atoms with Crippen LogP contribution in [0.15, 0.2) is 36.4 Å². The lowest BCUT2D eigenvalue weighted by Crippen LogP contribution is -2.06. The lowest BCUT2D eigenvalue weighted by atomic mass is 10.2. The molecule has 0 aliphatic carbocycles.